The summed E-state index contributed by atoms with van der Waals surface area (Å²) in [5.41, 5.74) is 1.53. The number of carbonyl (C=O) groups excluding carboxylic acids is 1. The van der Waals surface area contributed by atoms with Gasteiger partial charge in [0, 0.05) is 11.9 Å². The van der Waals surface area contributed by atoms with Crippen LogP contribution in [0.3, 0.4) is 0 Å². The number of pyridine rings is 1. The second-order valence-electron chi connectivity index (χ2n) is 5.29. The zero-order valence-corrected chi connectivity index (χ0v) is 14.9. The highest BCUT2D eigenvalue weighted by Crippen LogP contribution is 2.24. The maximum absolute atomic E-state index is 12.9. The molecule has 1 aromatic carbocycles. The number of aromatic nitrogens is 4. The van der Waals surface area contributed by atoms with E-state index in [4.69, 9.17) is 0 Å². The predicted molar refractivity (Wildman–Crippen MR) is 99.0 cm³/mol. The molecule has 3 aromatic heterocycles. The quantitative estimate of drug-likeness (QED) is 0.528. The van der Waals surface area contributed by atoms with Crippen molar-refractivity contribution in [3.05, 3.63) is 70.7 Å². The molecule has 0 fully saturated rings. The van der Waals surface area contributed by atoms with E-state index in [0.29, 0.717) is 11.4 Å². The minimum absolute atomic E-state index is 0.262. The number of rotatable bonds is 5. The summed E-state index contributed by atoms with van der Waals surface area (Å²) in [6.07, 6.45) is 3.76. The third-order valence-electron chi connectivity index (χ3n) is 3.49. The summed E-state index contributed by atoms with van der Waals surface area (Å²) in [5, 5.41) is 12.5. The highest BCUT2D eigenvalue weighted by molar-refractivity contribution is 7.98. The Bertz CT molecular complexity index is 1060. The lowest BCUT2D eigenvalue weighted by atomic mass is 10.3. The molecular weight excluding hydrogens is 373 g/mol. The summed E-state index contributed by atoms with van der Waals surface area (Å²) in [7, 11) is 0. The van der Waals surface area contributed by atoms with Crippen LogP contribution in [-0.4, -0.2) is 25.5 Å². The lowest BCUT2D eigenvalue weighted by Gasteiger charge is -2.01. The number of hydrogen-bond acceptors (Lipinski definition) is 6. The molecule has 1 amide bonds. The van der Waals surface area contributed by atoms with E-state index in [0.717, 1.165) is 15.7 Å². The van der Waals surface area contributed by atoms with Crippen molar-refractivity contribution in [3.8, 4) is 0 Å². The zero-order chi connectivity index (χ0) is 17.9. The fourth-order valence-corrected chi connectivity index (χ4v) is 3.96. The van der Waals surface area contributed by atoms with E-state index >= 15 is 0 Å². The fourth-order valence-electron chi connectivity index (χ4n) is 2.27. The Morgan fingerprint density at radius 3 is 2.88 bits per heavy atom. The summed E-state index contributed by atoms with van der Waals surface area (Å²) in [6.45, 7) is 0. The molecule has 0 bridgehead atoms. The van der Waals surface area contributed by atoms with Gasteiger partial charge in [-0.3, -0.25) is 9.20 Å². The maximum Gasteiger partial charge on any atom is 0.286 e. The van der Waals surface area contributed by atoms with E-state index in [1.807, 2.05) is 35.0 Å². The third kappa shape index (κ3) is 3.58. The molecule has 130 valence electrons. The molecular formula is C17H12FN5OS2. The van der Waals surface area contributed by atoms with Crippen LogP contribution in [0.25, 0.3) is 5.52 Å². The van der Waals surface area contributed by atoms with Crippen LogP contribution in [-0.2, 0) is 5.75 Å². The molecule has 4 aromatic rings. The Kier molecular flexibility index (Phi) is 4.63. The van der Waals surface area contributed by atoms with Crippen LogP contribution in [0.5, 0.6) is 0 Å². The number of nitrogens with zero attached hydrogens (tertiary/aromatic N) is 4. The smallest absolute Gasteiger partial charge is 0.286 e. The minimum Gasteiger partial charge on any atom is -0.320 e. The summed E-state index contributed by atoms with van der Waals surface area (Å²) < 4.78 is 14.9. The molecule has 6 nitrogen and oxygen atoms in total. The molecule has 0 saturated heterocycles. The van der Waals surface area contributed by atoms with Gasteiger partial charge in [-0.25, -0.2) is 9.37 Å². The fraction of sp³-hybridized carbons (Fsp3) is 0.0588. The van der Waals surface area contributed by atoms with Crippen LogP contribution >= 0.6 is 23.1 Å². The van der Waals surface area contributed by atoms with E-state index in [2.05, 4.69) is 20.5 Å². The van der Waals surface area contributed by atoms with Crippen LogP contribution in [0.1, 0.15) is 14.8 Å². The highest BCUT2D eigenvalue weighted by Gasteiger charge is 2.14. The number of halogens is 1. The van der Waals surface area contributed by atoms with Crippen LogP contribution in [0, 0.1) is 5.82 Å². The first-order valence-corrected chi connectivity index (χ1v) is 9.43. The number of imidazole rings is 1. The Balaban J connectivity index is 1.41. The minimum atomic E-state index is -0.364. The van der Waals surface area contributed by atoms with Crippen LogP contribution in [0.4, 0.5) is 10.1 Å². The summed E-state index contributed by atoms with van der Waals surface area (Å²) in [6, 6.07) is 11.5. The molecule has 0 spiro atoms. The third-order valence-corrected chi connectivity index (χ3v) is 5.58. The normalized spacial score (nSPS) is 11.0. The molecule has 0 saturated carbocycles. The molecule has 0 aliphatic rings. The molecule has 9 heteroatoms. The first kappa shape index (κ1) is 16.7. The van der Waals surface area contributed by atoms with Crippen LogP contribution < -0.4 is 5.32 Å². The number of carbonyl (C=O) groups is 1. The van der Waals surface area contributed by atoms with Crippen molar-refractivity contribution in [3.63, 3.8) is 0 Å². The number of nitrogens with one attached hydrogen (secondary N) is 1. The van der Waals surface area contributed by atoms with Gasteiger partial charge in [-0.05, 0) is 36.4 Å². The van der Waals surface area contributed by atoms with Crippen LogP contribution in [0.15, 0.2) is 60.0 Å². The molecule has 0 atom stereocenters. The number of fused-ring (bicyclic) bond motifs is 1. The van der Waals surface area contributed by atoms with Crippen molar-refractivity contribution < 1.29 is 9.18 Å². The van der Waals surface area contributed by atoms with Gasteiger partial charge in [-0.2, -0.15) is 0 Å². The molecule has 0 aliphatic carbocycles. The van der Waals surface area contributed by atoms with Crippen molar-refractivity contribution >= 4 is 40.2 Å². The molecule has 3 heterocycles. The standard InChI is InChI=1S/C17H12FN5OS2/c18-11-4-6-12(7-5-11)20-15(24)16-22-21-14(26-16)10-25-17-19-9-13-3-1-2-8-23(13)17/h1-9H,10H2,(H,20,24). The largest absolute Gasteiger partial charge is 0.320 e. The first-order valence-electron chi connectivity index (χ1n) is 7.63. The first-order chi connectivity index (χ1) is 12.7. The second kappa shape index (κ2) is 7.22. The molecule has 0 aliphatic heterocycles. The number of hydrogen-bond donors (Lipinski definition) is 1. The van der Waals surface area contributed by atoms with Gasteiger partial charge in [0.2, 0.25) is 5.01 Å². The van der Waals surface area contributed by atoms with Crippen LogP contribution in [0.2, 0.25) is 0 Å². The Morgan fingerprint density at radius 1 is 1.19 bits per heavy atom. The van der Waals surface area contributed by atoms with Crippen molar-refractivity contribution in [2.24, 2.45) is 0 Å². The lowest BCUT2D eigenvalue weighted by Crippen LogP contribution is -2.11. The molecule has 0 radical (unpaired) electrons. The number of benzene rings is 1. The van der Waals surface area contributed by atoms with Gasteiger partial charge in [0.15, 0.2) is 5.16 Å². The van der Waals surface area contributed by atoms with Gasteiger partial charge in [0.25, 0.3) is 5.91 Å². The highest BCUT2D eigenvalue weighted by atomic mass is 32.2. The van der Waals surface area contributed by atoms with Gasteiger partial charge >= 0.3 is 0 Å². The average Bonchev–Trinajstić information content (AvgIpc) is 3.29. The van der Waals surface area contributed by atoms with Gasteiger partial charge in [-0.1, -0.05) is 29.2 Å². The molecule has 4 rings (SSSR count). The Labute approximate surface area is 156 Å². The maximum atomic E-state index is 12.9. The van der Waals surface area contributed by atoms with Crippen molar-refractivity contribution in [2.45, 2.75) is 10.9 Å². The average molecular weight is 385 g/mol. The van der Waals surface area contributed by atoms with E-state index in [9.17, 15) is 9.18 Å². The van der Waals surface area contributed by atoms with Gasteiger partial charge in [0.05, 0.1) is 17.5 Å². The summed E-state index contributed by atoms with van der Waals surface area (Å²) in [4.78, 5) is 16.6. The molecule has 26 heavy (non-hydrogen) atoms. The van der Waals surface area contributed by atoms with Gasteiger partial charge in [0.1, 0.15) is 10.8 Å². The number of anilines is 1. The van der Waals surface area contributed by atoms with Gasteiger partial charge in [-0.15, -0.1) is 10.2 Å². The van der Waals surface area contributed by atoms with E-state index < -0.39 is 0 Å². The molecule has 0 unspecified atom stereocenters. The monoisotopic (exact) mass is 385 g/mol. The van der Waals surface area contributed by atoms with Crippen molar-refractivity contribution in [1.29, 1.82) is 0 Å². The van der Waals surface area contributed by atoms with Crippen molar-refractivity contribution in [2.75, 3.05) is 5.32 Å². The topological polar surface area (TPSA) is 72.2 Å². The lowest BCUT2D eigenvalue weighted by molar-refractivity contribution is 0.102. The SMILES string of the molecule is O=C(Nc1ccc(F)cc1)c1nnc(CSc2ncc3ccccn23)s1. The Hall–Kier alpha value is -2.78. The van der Waals surface area contributed by atoms with E-state index in [1.54, 1.807) is 0 Å². The summed E-state index contributed by atoms with van der Waals surface area (Å²) in [5.74, 6) is -0.156. The molecule has 1 N–H and O–H groups in total. The van der Waals surface area contributed by atoms with Crippen molar-refractivity contribution in [1.82, 2.24) is 19.6 Å². The predicted octanol–water partition coefficient (Wildman–Crippen LogP) is 3.87. The Morgan fingerprint density at radius 2 is 2.04 bits per heavy atom. The van der Waals surface area contributed by atoms with E-state index in [1.165, 1.54) is 47.4 Å². The van der Waals surface area contributed by atoms with Gasteiger partial charge < -0.3 is 5.32 Å². The van der Waals surface area contributed by atoms with E-state index in [-0.39, 0.29) is 16.7 Å². The number of amides is 1. The zero-order valence-electron chi connectivity index (χ0n) is 13.3. The second-order valence-corrected chi connectivity index (χ2v) is 7.29. The summed E-state index contributed by atoms with van der Waals surface area (Å²) >= 11 is 2.75. The number of thioether (sulfide) groups is 1.